The van der Waals surface area contributed by atoms with Crippen LogP contribution in [0.3, 0.4) is 0 Å². The summed E-state index contributed by atoms with van der Waals surface area (Å²) in [6.45, 7) is 7.89. The third-order valence-electron chi connectivity index (χ3n) is 4.49. The first kappa shape index (κ1) is 16.8. The Balaban J connectivity index is 1.77. The first-order chi connectivity index (χ1) is 11.5. The molecule has 0 radical (unpaired) electrons. The Morgan fingerprint density at radius 2 is 2.25 bits per heavy atom. The van der Waals surface area contributed by atoms with Crippen molar-refractivity contribution < 1.29 is 4.92 Å². The molecule has 0 amide bonds. The molecule has 1 aliphatic heterocycles. The van der Waals surface area contributed by atoms with Gasteiger partial charge in [-0.15, -0.1) is 11.3 Å². The number of thiazole rings is 1. The maximum Gasteiger partial charge on any atom is 0.290 e. The monoisotopic (exact) mass is 346 g/mol. The minimum absolute atomic E-state index is 0.0776. The molecule has 3 rings (SSSR count). The number of aryl methyl sites for hydroxylation is 1. The fourth-order valence-corrected chi connectivity index (χ4v) is 4.15. The summed E-state index contributed by atoms with van der Waals surface area (Å²) in [7, 11) is 0. The highest BCUT2D eigenvalue weighted by Crippen LogP contribution is 2.33. The first-order valence-corrected chi connectivity index (χ1v) is 9.15. The van der Waals surface area contributed by atoms with Crippen LogP contribution in [0.25, 0.3) is 0 Å². The topological polar surface area (TPSA) is 72.2 Å². The SMILES string of the molecule is Cc1cc(N2CCCC(c3nc(C(C)C)cs3)C2)ncc1[N+](=O)[O-]. The van der Waals surface area contributed by atoms with Crippen LogP contribution in [0.5, 0.6) is 0 Å². The maximum absolute atomic E-state index is 10.9. The van der Waals surface area contributed by atoms with E-state index >= 15 is 0 Å². The lowest BCUT2D eigenvalue weighted by Gasteiger charge is -2.32. The second kappa shape index (κ2) is 6.84. The van der Waals surface area contributed by atoms with Crippen LogP contribution in [0.2, 0.25) is 0 Å². The summed E-state index contributed by atoms with van der Waals surface area (Å²) in [4.78, 5) is 21.9. The number of rotatable bonds is 4. The van der Waals surface area contributed by atoms with Gasteiger partial charge in [0, 0.05) is 30.0 Å². The Hall–Kier alpha value is -2.02. The fraction of sp³-hybridized carbons (Fsp3) is 0.529. The van der Waals surface area contributed by atoms with Gasteiger partial charge in [-0.1, -0.05) is 13.8 Å². The molecule has 2 aromatic heterocycles. The van der Waals surface area contributed by atoms with Crippen LogP contribution in [-0.4, -0.2) is 28.0 Å². The summed E-state index contributed by atoms with van der Waals surface area (Å²) in [5.41, 5.74) is 1.90. The van der Waals surface area contributed by atoms with Gasteiger partial charge in [0.05, 0.1) is 15.6 Å². The van der Waals surface area contributed by atoms with Crippen molar-refractivity contribution >= 4 is 22.8 Å². The number of piperidine rings is 1. The van der Waals surface area contributed by atoms with Gasteiger partial charge in [0.15, 0.2) is 0 Å². The summed E-state index contributed by atoms with van der Waals surface area (Å²) >= 11 is 1.74. The molecule has 7 heteroatoms. The van der Waals surface area contributed by atoms with E-state index in [1.807, 2.05) is 6.07 Å². The van der Waals surface area contributed by atoms with E-state index in [1.54, 1.807) is 18.3 Å². The van der Waals surface area contributed by atoms with Crippen molar-refractivity contribution in [3.8, 4) is 0 Å². The van der Waals surface area contributed by atoms with Crippen LogP contribution < -0.4 is 4.90 Å². The fourth-order valence-electron chi connectivity index (χ4n) is 3.04. The highest BCUT2D eigenvalue weighted by atomic mass is 32.1. The molecule has 1 unspecified atom stereocenters. The quantitative estimate of drug-likeness (QED) is 0.611. The highest BCUT2D eigenvalue weighted by molar-refractivity contribution is 7.09. The van der Waals surface area contributed by atoms with Gasteiger partial charge in [-0.05, 0) is 31.7 Å². The molecule has 0 aromatic carbocycles. The van der Waals surface area contributed by atoms with E-state index in [0.717, 1.165) is 37.4 Å². The van der Waals surface area contributed by atoms with Crippen LogP contribution in [0.4, 0.5) is 11.5 Å². The third kappa shape index (κ3) is 3.40. The first-order valence-electron chi connectivity index (χ1n) is 8.27. The molecule has 3 heterocycles. The number of hydrogen-bond donors (Lipinski definition) is 0. The number of pyridine rings is 1. The molecule has 0 aliphatic carbocycles. The second-order valence-electron chi connectivity index (χ2n) is 6.64. The number of anilines is 1. The lowest BCUT2D eigenvalue weighted by atomic mass is 9.98. The third-order valence-corrected chi connectivity index (χ3v) is 5.52. The van der Waals surface area contributed by atoms with Crippen LogP contribution in [0, 0.1) is 17.0 Å². The van der Waals surface area contributed by atoms with Crippen molar-refractivity contribution in [1.82, 2.24) is 9.97 Å². The predicted molar refractivity (Wildman–Crippen MR) is 96.0 cm³/mol. The molecule has 1 fully saturated rings. The van der Waals surface area contributed by atoms with Crippen molar-refractivity contribution in [3.05, 3.63) is 44.0 Å². The van der Waals surface area contributed by atoms with Gasteiger partial charge >= 0.3 is 0 Å². The average Bonchev–Trinajstić information content (AvgIpc) is 3.05. The lowest BCUT2D eigenvalue weighted by Crippen LogP contribution is -2.35. The largest absolute Gasteiger partial charge is 0.356 e. The Kier molecular flexibility index (Phi) is 4.80. The van der Waals surface area contributed by atoms with E-state index in [2.05, 4.69) is 29.1 Å². The van der Waals surface area contributed by atoms with E-state index in [-0.39, 0.29) is 10.6 Å². The van der Waals surface area contributed by atoms with Gasteiger partial charge in [0.25, 0.3) is 5.69 Å². The summed E-state index contributed by atoms with van der Waals surface area (Å²) < 4.78 is 0. The van der Waals surface area contributed by atoms with E-state index in [1.165, 1.54) is 11.2 Å². The molecule has 1 saturated heterocycles. The molecule has 6 nitrogen and oxygen atoms in total. The molecule has 0 spiro atoms. The molecule has 1 atom stereocenters. The standard InChI is InChI=1S/C17H22N4O2S/c1-11(2)14-10-24-17(19-14)13-5-4-6-20(9-13)16-7-12(3)15(8-18-16)21(22)23/h7-8,10-11,13H,4-6,9H2,1-3H3. The van der Waals surface area contributed by atoms with Crippen LogP contribution in [0.1, 0.15) is 54.8 Å². The predicted octanol–water partition coefficient (Wildman–Crippen LogP) is 4.26. The Labute approximate surface area is 145 Å². The Morgan fingerprint density at radius 1 is 1.46 bits per heavy atom. The minimum Gasteiger partial charge on any atom is -0.356 e. The van der Waals surface area contributed by atoms with E-state index < -0.39 is 0 Å². The zero-order valence-corrected chi connectivity index (χ0v) is 15.0. The smallest absolute Gasteiger partial charge is 0.290 e. The summed E-state index contributed by atoms with van der Waals surface area (Å²) in [5, 5.41) is 14.3. The maximum atomic E-state index is 10.9. The molecule has 0 saturated carbocycles. The van der Waals surface area contributed by atoms with Crippen molar-refractivity contribution in [2.24, 2.45) is 0 Å². The average molecular weight is 346 g/mol. The van der Waals surface area contributed by atoms with Crippen LogP contribution in [-0.2, 0) is 0 Å². The van der Waals surface area contributed by atoms with Crippen molar-refractivity contribution in [2.45, 2.75) is 45.4 Å². The minimum atomic E-state index is -0.381. The van der Waals surface area contributed by atoms with Gasteiger partial charge in [-0.25, -0.2) is 9.97 Å². The summed E-state index contributed by atoms with van der Waals surface area (Å²) in [5.74, 6) is 1.69. The van der Waals surface area contributed by atoms with Crippen molar-refractivity contribution in [3.63, 3.8) is 0 Å². The number of aromatic nitrogens is 2. The number of nitro groups is 1. The number of hydrogen-bond acceptors (Lipinski definition) is 6. The van der Waals surface area contributed by atoms with E-state index in [4.69, 9.17) is 4.98 Å². The van der Waals surface area contributed by atoms with E-state index in [9.17, 15) is 10.1 Å². The Morgan fingerprint density at radius 3 is 2.88 bits per heavy atom. The Bertz CT molecular complexity index is 744. The molecule has 2 aromatic rings. The van der Waals surface area contributed by atoms with Gasteiger partial charge in [0.1, 0.15) is 12.0 Å². The zero-order chi connectivity index (χ0) is 17.3. The summed E-state index contributed by atoms with van der Waals surface area (Å²) in [6, 6.07) is 1.82. The van der Waals surface area contributed by atoms with Gasteiger partial charge in [-0.2, -0.15) is 0 Å². The molecule has 24 heavy (non-hydrogen) atoms. The van der Waals surface area contributed by atoms with Crippen LogP contribution >= 0.6 is 11.3 Å². The van der Waals surface area contributed by atoms with Crippen molar-refractivity contribution in [2.75, 3.05) is 18.0 Å². The normalized spacial score (nSPS) is 18.2. The van der Waals surface area contributed by atoms with Crippen molar-refractivity contribution in [1.29, 1.82) is 0 Å². The second-order valence-corrected chi connectivity index (χ2v) is 7.53. The van der Waals surface area contributed by atoms with E-state index in [0.29, 0.717) is 17.4 Å². The van der Waals surface area contributed by atoms with Gasteiger partial charge in [-0.3, -0.25) is 10.1 Å². The molecular formula is C17H22N4O2S. The lowest BCUT2D eigenvalue weighted by molar-refractivity contribution is -0.385. The van der Waals surface area contributed by atoms with Gasteiger partial charge in [0.2, 0.25) is 0 Å². The number of nitrogens with zero attached hydrogens (tertiary/aromatic N) is 4. The molecule has 1 aliphatic rings. The van der Waals surface area contributed by atoms with Crippen LogP contribution in [0.15, 0.2) is 17.6 Å². The highest BCUT2D eigenvalue weighted by Gasteiger charge is 2.25. The molecular weight excluding hydrogens is 324 g/mol. The molecule has 128 valence electrons. The molecule has 0 bridgehead atoms. The zero-order valence-electron chi connectivity index (χ0n) is 14.2. The molecule has 0 N–H and O–H groups in total. The van der Waals surface area contributed by atoms with Gasteiger partial charge < -0.3 is 4.90 Å². The summed E-state index contributed by atoms with van der Waals surface area (Å²) in [6.07, 6.45) is 3.58.